The normalized spacial score (nSPS) is 32.5. The molecular formula is C19H27FN2O6. The van der Waals surface area contributed by atoms with E-state index in [-0.39, 0.29) is 17.7 Å². The van der Waals surface area contributed by atoms with E-state index in [4.69, 9.17) is 19.9 Å². The summed E-state index contributed by atoms with van der Waals surface area (Å²) in [6, 6.07) is -1.78. The van der Waals surface area contributed by atoms with Gasteiger partial charge < -0.3 is 25.1 Å². The second-order valence-corrected chi connectivity index (χ2v) is 8.72. The third-order valence-electron chi connectivity index (χ3n) is 4.88. The van der Waals surface area contributed by atoms with Gasteiger partial charge in [-0.25, -0.2) is 9.18 Å². The van der Waals surface area contributed by atoms with Crippen molar-refractivity contribution in [1.82, 2.24) is 4.90 Å². The van der Waals surface area contributed by atoms with Gasteiger partial charge in [-0.3, -0.25) is 9.69 Å². The number of carbonyl (C=O) groups is 2. The summed E-state index contributed by atoms with van der Waals surface area (Å²) < 4.78 is 31.5. The maximum Gasteiger partial charge on any atom is 0.411 e. The first-order valence-electron chi connectivity index (χ1n) is 9.21. The molecule has 0 radical (unpaired) electrons. The molecule has 0 spiro atoms. The second kappa shape index (κ2) is 6.82. The molecule has 0 aromatic heterocycles. The molecule has 1 amide bonds. The number of carbonyl (C=O) groups excluding carboxylic acids is 2. The highest BCUT2D eigenvalue weighted by Crippen LogP contribution is 2.44. The van der Waals surface area contributed by atoms with Crippen LogP contribution in [0.3, 0.4) is 0 Å². The Bertz CT molecular complexity index is 754. The van der Waals surface area contributed by atoms with E-state index in [1.54, 1.807) is 34.6 Å². The number of fused-ring (bicyclic) bond motifs is 1. The van der Waals surface area contributed by atoms with E-state index < -0.39 is 60.0 Å². The highest BCUT2D eigenvalue weighted by Gasteiger charge is 2.61. The van der Waals surface area contributed by atoms with Gasteiger partial charge in [-0.2, -0.15) is 0 Å². The Morgan fingerprint density at radius 3 is 2.57 bits per heavy atom. The van der Waals surface area contributed by atoms with Crippen molar-refractivity contribution in [2.75, 3.05) is 6.61 Å². The van der Waals surface area contributed by atoms with Gasteiger partial charge in [0.15, 0.2) is 11.6 Å². The lowest BCUT2D eigenvalue weighted by molar-refractivity contribution is -0.167. The van der Waals surface area contributed by atoms with Crippen molar-refractivity contribution in [2.45, 2.75) is 76.7 Å². The van der Waals surface area contributed by atoms with Gasteiger partial charge >= 0.3 is 6.09 Å². The average molecular weight is 398 g/mol. The first-order chi connectivity index (χ1) is 12.8. The maximum absolute atomic E-state index is 14.2. The Balaban J connectivity index is 2.07. The lowest BCUT2D eigenvalue weighted by Crippen LogP contribution is -2.51. The van der Waals surface area contributed by atoms with E-state index >= 15 is 0 Å². The minimum absolute atomic E-state index is 0.0461. The third kappa shape index (κ3) is 3.66. The molecule has 0 aromatic carbocycles. The SMILES string of the molecule is CC(C)(C)OC(=O)N1C(C2=CC(F)=C(N)CC2=O)[C@@H]2OC(C)(C)O[C@@H]2[C@H]1CO. The number of hydrogen-bond donors (Lipinski definition) is 2. The van der Waals surface area contributed by atoms with Gasteiger partial charge in [0.05, 0.1) is 30.8 Å². The summed E-state index contributed by atoms with van der Waals surface area (Å²) in [6.45, 7) is 8.08. The number of allylic oxidation sites excluding steroid dienone is 3. The van der Waals surface area contributed by atoms with Gasteiger partial charge in [-0.15, -0.1) is 0 Å². The van der Waals surface area contributed by atoms with Crippen molar-refractivity contribution < 1.29 is 33.3 Å². The molecule has 156 valence electrons. The van der Waals surface area contributed by atoms with Gasteiger partial charge in [-0.05, 0) is 40.7 Å². The van der Waals surface area contributed by atoms with Crippen LogP contribution < -0.4 is 5.73 Å². The van der Waals surface area contributed by atoms with Gasteiger partial charge in [0, 0.05) is 5.57 Å². The number of ether oxygens (including phenoxy) is 3. The molecule has 4 atom stereocenters. The average Bonchev–Trinajstić information content (AvgIpc) is 2.99. The number of nitrogens with two attached hydrogens (primary N) is 1. The fourth-order valence-electron chi connectivity index (χ4n) is 3.88. The second-order valence-electron chi connectivity index (χ2n) is 8.72. The molecule has 3 rings (SSSR count). The molecule has 2 aliphatic heterocycles. The van der Waals surface area contributed by atoms with E-state index in [9.17, 15) is 19.1 Å². The minimum Gasteiger partial charge on any atom is -0.444 e. The molecule has 0 saturated carbocycles. The molecule has 2 heterocycles. The zero-order valence-corrected chi connectivity index (χ0v) is 16.7. The summed E-state index contributed by atoms with van der Waals surface area (Å²) in [5.74, 6) is -2.11. The third-order valence-corrected chi connectivity index (χ3v) is 4.88. The number of hydrogen-bond acceptors (Lipinski definition) is 7. The molecule has 2 fully saturated rings. The summed E-state index contributed by atoms with van der Waals surface area (Å²) in [5, 5.41) is 9.98. The number of nitrogens with zero attached hydrogens (tertiary/aromatic N) is 1. The number of amides is 1. The number of halogens is 1. The van der Waals surface area contributed by atoms with Gasteiger partial charge in [-0.1, -0.05) is 0 Å². The zero-order chi connectivity index (χ0) is 21.0. The largest absolute Gasteiger partial charge is 0.444 e. The first-order valence-corrected chi connectivity index (χ1v) is 9.21. The molecule has 8 nitrogen and oxygen atoms in total. The monoisotopic (exact) mass is 398 g/mol. The smallest absolute Gasteiger partial charge is 0.411 e. The Morgan fingerprint density at radius 1 is 1.39 bits per heavy atom. The number of Topliss-reactive ketones (excluding diaryl/α,β-unsaturated/α-hetero) is 1. The van der Waals surface area contributed by atoms with Gasteiger partial charge in [0.25, 0.3) is 0 Å². The van der Waals surface area contributed by atoms with Crippen molar-refractivity contribution in [3.05, 3.63) is 23.2 Å². The Morgan fingerprint density at radius 2 is 2.00 bits per heavy atom. The summed E-state index contributed by atoms with van der Waals surface area (Å²) >= 11 is 0. The predicted molar refractivity (Wildman–Crippen MR) is 96.6 cm³/mol. The van der Waals surface area contributed by atoms with E-state index in [1.165, 1.54) is 4.90 Å². The number of aliphatic hydroxyl groups is 1. The van der Waals surface area contributed by atoms with Gasteiger partial charge in [0.2, 0.25) is 0 Å². The van der Waals surface area contributed by atoms with Crippen LogP contribution in [0.5, 0.6) is 0 Å². The van der Waals surface area contributed by atoms with E-state index in [2.05, 4.69) is 0 Å². The Labute approximate surface area is 163 Å². The van der Waals surface area contributed by atoms with Crippen molar-refractivity contribution in [2.24, 2.45) is 5.73 Å². The molecule has 3 N–H and O–H groups in total. The molecule has 3 aliphatic rings. The molecule has 1 unspecified atom stereocenters. The van der Waals surface area contributed by atoms with Crippen LogP contribution in [0.25, 0.3) is 0 Å². The zero-order valence-electron chi connectivity index (χ0n) is 16.7. The van der Waals surface area contributed by atoms with E-state index in [0.717, 1.165) is 6.08 Å². The number of rotatable bonds is 2. The maximum atomic E-state index is 14.2. The molecule has 0 bridgehead atoms. The molecule has 9 heteroatoms. The molecule has 28 heavy (non-hydrogen) atoms. The fourth-order valence-corrected chi connectivity index (χ4v) is 3.88. The number of aliphatic hydroxyl groups excluding tert-OH is 1. The summed E-state index contributed by atoms with van der Waals surface area (Å²) in [5.41, 5.74) is 4.63. The molecular weight excluding hydrogens is 371 g/mol. The highest BCUT2D eigenvalue weighted by atomic mass is 19.1. The van der Waals surface area contributed by atoms with E-state index in [1.807, 2.05) is 0 Å². The van der Waals surface area contributed by atoms with Crippen LogP contribution in [-0.4, -0.2) is 64.2 Å². The Kier molecular flexibility index (Phi) is 5.06. The Hall–Kier alpha value is -1.97. The molecule has 1 aliphatic carbocycles. The van der Waals surface area contributed by atoms with Crippen molar-refractivity contribution >= 4 is 11.9 Å². The summed E-state index contributed by atoms with van der Waals surface area (Å²) in [6.07, 6.45) is -1.46. The van der Waals surface area contributed by atoms with Crippen LogP contribution >= 0.6 is 0 Å². The summed E-state index contributed by atoms with van der Waals surface area (Å²) in [4.78, 5) is 26.8. The first kappa shape index (κ1) is 20.8. The van der Waals surface area contributed by atoms with Crippen LogP contribution in [0.2, 0.25) is 0 Å². The van der Waals surface area contributed by atoms with Crippen LogP contribution in [0.4, 0.5) is 9.18 Å². The fraction of sp³-hybridized carbons (Fsp3) is 0.684. The van der Waals surface area contributed by atoms with Crippen molar-refractivity contribution in [1.29, 1.82) is 0 Å². The summed E-state index contributed by atoms with van der Waals surface area (Å²) in [7, 11) is 0. The lowest BCUT2D eigenvalue weighted by atomic mass is 9.91. The highest BCUT2D eigenvalue weighted by molar-refractivity contribution is 6.00. The minimum atomic E-state index is -0.979. The van der Waals surface area contributed by atoms with Gasteiger partial charge in [0.1, 0.15) is 23.6 Å². The topological polar surface area (TPSA) is 111 Å². The quantitative estimate of drug-likeness (QED) is 0.725. The predicted octanol–water partition coefficient (Wildman–Crippen LogP) is 1.53. The van der Waals surface area contributed by atoms with Crippen LogP contribution in [0.1, 0.15) is 41.0 Å². The number of likely N-dealkylation sites (tertiary alicyclic amines) is 1. The standard InChI is InChI=1S/C19H27FN2O6/c1-18(2,3)28-17(25)22-12(8-23)15-16(27-19(4,5)26-15)14(22)9-6-10(20)11(21)7-13(9)24/h6,12,14-16,23H,7-8,21H2,1-5H3/t12-,14?,15-,16+/m1/s1. The molecule has 0 aromatic rings. The van der Waals surface area contributed by atoms with Crippen molar-refractivity contribution in [3.63, 3.8) is 0 Å². The van der Waals surface area contributed by atoms with Crippen LogP contribution in [0, 0.1) is 0 Å². The van der Waals surface area contributed by atoms with Crippen LogP contribution in [-0.2, 0) is 19.0 Å². The van der Waals surface area contributed by atoms with Crippen molar-refractivity contribution in [3.8, 4) is 0 Å². The van der Waals surface area contributed by atoms with Crippen LogP contribution in [0.15, 0.2) is 23.2 Å². The van der Waals surface area contributed by atoms with E-state index in [0.29, 0.717) is 0 Å². The number of ketones is 1. The molecule has 2 saturated heterocycles. The lowest BCUT2D eigenvalue weighted by Gasteiger charge is -2.36.